The molecule has 1 aliphatic rings. The van der Waals surface area contributed by atoms with Crippen molar-refractivity contribution < 1.29 is 9.59 Å². The Labute approximate surface area is 166 Å². The van der Waals surface area contributed by atoms with Crippen molar-refractivity contribution in [2.45, 2.75) is 26.2 Å². The number of hydrogen-bond donors (Lipinski definition) is 3. The first kappa shape index (κ1) is 20.9. The van der Waals surface area contributed by atoms with Crippen LogP contribution in [0.1, 0.15) is 35.2 Å². The van der Waals surface area contributed by atoms with Crippen LogP contribution in [-0.4, -0.2) is 24.9 Å². The first-order chi connectivity index (χ1) is 12.6. The van der Waals surface area contributed by atoms with E-state index >= 15 is 0 Å². The predicted molar refractivity (Wildman–Crippen MR) is 112 cm³/mol. The summed E-state index contributed by atoms with van der Waals surface area (Å²) >= 11 is 0. The monoisotopic (exact) mass is 387 g/mol. The van der Waals surface area contributed by atoms with Crippen molar-refractivity contribution in [1.29, 1.82) is 0 Å². The third kappa shape index (κ3) is 6.08. The largest absolute Gasteiger partial charge is 0.326 e. The number of benzene rings is 2. The van der Waals surface area contributed by atoms with E-state index in [-0.39, 0.29) is 24.2 Å². The molecule has 0 aromatic heterocycles. The van der Waals surface area contributed by atoms with E-state index in [4.69, 9.17) is 0 Å². The fourth-order valence-electron chi connectivity index (χ4n) is 3.13. The lowest BCUT2D eigenvalue weighted by atomic mass is 10.0. The van der Waals surface area contributed by atoms with Crippen LogP contribution in [0.2, 0.25) is 0 Å². The predicted octanol–water partition coefficient (Wildman–Crippen LogP) is 4.00. The standard InChI is InChI=1S/C21H25N3O2.ClH/c1-15-7-9-17(21(26)23-18-5-3-2-4-6-18)13-19(15)24-20(25)10-8-16-11-12-22-14-16;/h2-7,9,13,16,22H,8,10-12,14H2,1H3,(H,23,26)(H,24,25);1H. The van der Waals surface area contributed by atoms with Gasteiger partial charge in [-0.05, 0) is 68.6 Å². The highest BCUT2D eigenvalue weighted by Gasteiger charge is 2.16. The molecule has 0 bridgehead atoms. The van der Waals surface area contributed by atoms with Gasteiger partial charge in [0.1, 0.15) is 0 Å². The van der Waals surface area contributed by atoms with E-state index in [2.05, 4.69) is 16.0 Å². The Morgan fingerprint density at radius 2 is 1.89 bits per heavy atom. The summed E-state index contributed by atoms with van der Waals surface area (Å²) in [5.41, 5.74) is 2.90. The van der Waals surface area contributed by atoms with E-state index < -0.39 is 0 Å². The molecular formula is C21H26ClN3O2. The zero-order valence-corrected chi connectivity index (χ0v) is 16.3. The molecule has 3 N–H and O–H groups in total. The minimum Gasteiger partial charge on any atom is -0.326 e. The second-order valence-electron chi connectivity index (χ2n) is 6.80. The van der Waals surface area contributed by atoms with Crippen LogP contribution in [-0.2, 0) is 4.79 Å². The second kappa shape index (κ2) is 10.1. The van der Waals surface area contributed by atoms with E-state index in [1.807, 2.05) is 43.3 Å². The molecule has 144 valence electrons. The third-order valence-corrected chi connectivity index (χ3v) is 4.75. The minimum absolute atomic E-state index is 0. The summed E-state index contributed by atoms with van der Waals surface area (Å²) < 4.78 is 0. The summed E-state index contributed by atoms with van der Waals surface area (Å²) in [5, 5.41) is 9.13. The van der Waals surface area contributed by atoms with E-state index in [1.54, 1.807) is 12.1 Å². The van der Waals surface area contributed by atoms with Crippen molar-refractivity contribution >= 4 is 35.6 Å². The lowest BCUT2D eigenvalue weighted by Crippen LogP contribution is -2.17. The summed E-state index contributed by atoms with van der Waals surface area (Å²) in [7, 11) is 0. The van der Waals surface area contributed by atoms with Crippen molar-refractivity contribution in [3.63, 3.8) is 0 Å². The van der Waals surface area contributed by atoms with Gasteiger partial charge in [0.25, 0.3) is 5.91 Å². The summed E-state index contributed by atoms with van der Waals surface area (Å²) in [5.74, 6) is 0.397. The minimum atomic E-state index is -0.191. The molecule has 2 amide bonds. The zero-order valence-electron chi connectivity index (χ0n) is 15.5. The number of carbonyl (C=O) groups is 2. The molecule has 1 heterocycles. The average molecular weight is 388 g/mol. The maximum Gasteiger partial charge on any atom is 0.255 e. The molecule has 1 aliphatic heterocycles. The summed E-state index contributed by atoms with van der Waals surface area (Å²) in [4.78, 5) is 24.7. The van der Waals surface area contributed by atoms with Crippen molar-refractivity contribution in [1.82, 2.24) is 5.32 Å². The topological polar surface area (TPSA) is 70.2 Å². The number of para-hydroxylation sites is 1. The summed E-state index contributed by atoms with van der Waals surface area (Å²) in [6.07, 6.45) is 2.54. The van der Waals surface area contributed by atoms with Gasteiger partial charge in [0.2, 0.25) is 5.91 Å². The molecule has 1 fully saturated rings. The Balaban J connectivity index is 0.00000261. The second-order valence-corrected chi connectivity index (χ2v) is 6.80. The van der Waals surface area contributed by atoms with Gasteiger partial charge in [-0.1, -0.05) is 24.3 Å². The van der Waals surface area contributed by atoms with E-state index in [1.165, 1.54) is 0 Å². The van der Waals surface area contributed by atoms with Crippen molar-refractivity contribution in [2.75, 3.05) is 23.7 Å². The number of hydrogen-bond acceptors (Lipinski definition) is 3. The molecule has 0 radical (unpaired) electrons. The van der Waals surface area contributed by atoms with Gasteiger partial charge < -0.3 is 16.0 Å². The molecular weight excluding hydrogens is 362 g/mol. The van der Waals surface area contributed by atoms with Crippen LogP contribution in [0.3, 0.4) is 0 Å². The highest BCUT2D eigenvalue weighted by atomic mass is 35.5. The molecule has 0 aliphatic carbocycles. The van der Waals surface area contributed by atoms with Crippen LogP contribution in [0, 0.1) is 12.8 Å². The number of aryl methyl sites for hydroxylation is 1. The van der Waals surface area contributed by atoms with Crippen LogP contribution >= 0.6 is 12.4 Å². The maximum atomic E-state index is 12.4. The van der Waals surface area contributed by atoms with E-state index in [0.29, 0.717) is 23.6 Å². The molecule has 0 saturated carbocycles. The third-order valence-electron chi connectivity index (χ3n) is 4.75. The normalized spacial score (nSPS) is 15.7. The van der Waals surface area contributed by atoms with Crippen molar-refractivity contribution in [3.05, 3.63) is 59.7 Å². The number of rotatable bonds is 6. The zero-order chi connectivity index (χ0) is 18.4. The number of amides is 2. The van der Waals surface area contributed by atoms with E-state index in [0.717, 1.165) is 37.2 Å². The number of nitrogens with one attached hydrogen (secondary N) is 3. The lowest BCUT2D eigenvalue weighted by molar-refractivity contribution is -0.116. The number of halogens is 1. The summed E-state index contributed by atoms with van der Waals surface area (Å²) in [6, 6.07) is 14.7. The fraction of sp³-hybridized carbons (Fsp3) is 0.333. The Morgan fingerprint density at radius 3 is 2.59 bits per heavy atom. The molecule has 1 atom stereocenters. The van der Waals surface area contributed by atoms with Crippen LogP contribution < -0.4 is 16.0 Å². The quantitative estimate of drug-likeness (QED) is 0.701. The fourth-order valence-corrected chi connectivity index (χ4v) is 3.13. The lowest BCUT2D eigenvalue weighted by Gasteiger charge is -2.12. The molecule has 27 heavy (non-hydrogen) atoms. The highest BCUT2D eigenvalue weighted by Crippen LogP contribution is 2.20. The number of anilines is 2. The molecule has 0 spiro atoms. The van der Waals surface area contributed by atoms with Crippen LogP contribution in [0.5, 0.6) is 0 Å². The van der Waals surface area contributed by atoms with Gasteiger partial charge in [-0.15, -0.1) is 12.4 Å². The van der Waals surface area contributed by atoms with Crippen molar-refractivity contribution in [2.24, 2.45) is 5.92 Å². The van der Waals surface area contributed by atoms with Gasteiger partial charge in [-0.3, -0.25) is 9.59 Å². The first-order valence-corrected chi connectivity index (χ1v) is 9.09. The van der Waals surface area contributed by atoms with Gasteiger partial charge in [0.05, 0.1) is 0 Å². The number of carbonyl (C=O) groups excluding carboxylic acids is 2. The van der Waals surface area contributed by atoms with Crippen LogP contribution in [0.4, 0.5) is 11.4 Å². The molecule has 1 saturated heterocycles. The smallest absolute Gasteiger partial charge is 0.255 e. The highest BCUT2D eigenvalue weighted by molar-refractivity contribution is 6.05. The van der Waals surface area contributed by atoms with Crippen molar-refractivity contribution in [3.8, 4) is 0 Å². The van der Waals surface area contributed by atoms with Gasteiger partial charge in [0.15, 0.2) is 0 Å². The van der Waals surface area contributed by atoms with Gasteiger partial charge in [-0.25, -0.2) is 0 Å². The van der Waals surface area contributed by atoms with Crippen LogP contribution in [0.15, 0.2) is 48.5 Å². The molecule has 2 aromatic rings. The molecule has 6 heteroatoms. The van der Waals surface area contributed by atoms with Crippen LogP contribution in [0.25, 0.3) is 0 Å². The average Bonchev–Trinajstić information content (AvgIpc) is 3.16. The molecule has 1 unspecified atom stereocenters. The SMILES string of the molecule is Cc1ccc(C(=O)Nc2ccccc2)cc1NC(=O)CCC1CCNC1.Cl. The van der Waals surface area contributed by atoms with E-state index in [9.17, 15) is 9.59 Å². The molecule has 2 aromatic carbocycles. The summed E-state index contributed by atoms with van der Waals surface area (Å²) in [6.45, 7) is 3.97. The van der Waals surface area contributed by atoms with Gasteiger partial charge >= 0.3 is 0 Å². The Hall–Kier alpha value is -2.37. The Kier molecular flexibility index (Phi) is 7.82. The van der Waals surface area contributed by atoms with Gasteiger partial charge in [0, 0.05) is 23.4 Å². The maximum absolute atomic E-state index is 12.4. The molecule has 5 nitrogen and oxygen atoms in total. The Morgan fingerprint density at radius 1 is 1.11 bits per heavy atom. The first-order valence-electron chi connectivity index (χ1n) is 9.09. The van der Waals surface area contributed by atoms with Gasteiger partial charge in [-0.2, -0.15) is 0 Å². The Bertz CT molecular complexity index is 774. The molecule has 3 rings (SSSR count).